The Morgan fingerprint density at radius 2 is 1.72 bits per heavy atom. The molecule has 0 radical (unpaired) electrons. The second-order valence-electron chi connectivity index (χ2n) is 6.80. The van der Waals surface area contributed by atoms with Crippen LogP contribution < -0.4 is 15.4 Å². The maximum Gasteiger partial charge on any atom is 0.338 e. The van der Waals surface area contributed by atoms with E-state index in [0.29, 0.717) is 41.6 Å². The summed E-state index contributed by atoms with van der Waals surface area (Å²) in [5.74, 6) is -0.417. The second-order valence-corrected chi connectivity index (χ2v) is 6.80. The molecule has 2 N–H and O–H groups in total. The van der Waals surface area contributed by atoms with Crippen LogP contribution in [0.5, 0.6) is 5.75 Å². The first-order valence-electron chi connectivity index (χ1n) is 9.47. The van der Waals surface area contributed by atoms with E-state index in [-0.39, 0.29) is 5.91 Å². The van der Waals surface area contributed by atoms with E-state index in [4.69, 9.17) is 9.47 Å². The molecule has 0 aliphatic rings. The number of amides is 2. The maximum absolute atomic E-state index is 12.2. The van der Waals surface area contributed by atoms with Crippen molar-refractivity contribution in [2.24, 2.45) is 5.92 Å². The highest BCUT2D eigenvalue weighted by Crippen LogP contribution is 2.15. The summed E-state index contributed by atoms with van der Waals surface area (Å²) in [6, 6.07) is 13.1. The highest BCUT2D eigenvalue weighted by Gasteiger charge is 2.12. The lowest BCUT2D eigenvalue weighted by atomic mass is 10.2. The first kappa shape index (κ1) is 21.9. The topological polar surface area (TPSA) is 93.7 Å². The normalized spacial score (nSPS) is 10.3. The van der Waals surface area contributed by atoms with Crippen LogP contribution in [0.25, 0.3) is 0 Å². The molecule has 0 heterocycles. The Morgan fingerprint density at radius 1 is 1.00 bits per heavy atom. The SMILES string of the molecule is CCNC(=O)c1cccc(NC(=O)COC(=O)c2cccc(OCC(C)C)c2)c1. The molecule has 0 bridgehead atoms. The number of hydrogen-bond donors (Lipinski definition) is 2. The molecule has 29 heavy (non-hydrogen) atoms. The van der Waals surface area contributed by atoms with E-state index >= 15 is 0 Å². The summed E-state index contributed by atoms with van der Waals surface area (Å²) >= 11 is 0. The average molecular weight is 398 g/mol. The van der Waals surface area contributed by atoms with Crippen molar-refractivity contribution < 1.29 is 23.9 Å². The average Bonchev–Trinajstić information content (AvgIpc) is 2.71. The van der Waals surface area contributed by atoms with Crippen LogP contribution in [0, 0.1) is 5.92 Å². The monoisotopic (exact) mass is 398 g/mol. The summed E-state index contributed by atoms with van der Waals surface area (Å²) in [5, 5.41) is 5.30. The van der Waals surface area contributed by atoms with Gasteiger partial charge in [0.1, 0.15) is 5.75 Å². The summed E-state index contributed by atoms with van der Waals surface area (Å²) in [4.78, 5) is 36.1. The Bertz CT molecular complexity index is 864. The van der Waals surface area contributed by atoms with Crippen LogP contribution in [-0.2, 0) is 9.53 Å². The van der Waals surface area contributed by atoms with Gasteiger partial charge < -0.3 is 20.1 Å². The van der Waals surface area contributed by atoms with Crippen LogP contribution in [0.2, 0.25) is 0 Å². The van der Waals surface area contributed by atoms with Gasteiger partial charge in [-0.1, -0.05) is 26.0 Å². The molecular weight excluding hydrogens is 372 g/mol. The van der Waals surface area contributed by atoms with Gasteiger partial charge in [-0.25, -0.2) is 4.79 Å². The first-order valence-corrected chi connectivity index (χ1v) is 9.47. The van der Waals surface area contributed by atoms with E-state index in [2.05, 4.69) is 10.6 Å². The molecule has 0 unspecified atom stereocenters. The summed E-state index contributed by atoms with van der Waals surface area (Å²) < 4.78 is 10.7. The fraction of sp³-hybridized carbons (Fsp3) is 0.318. The van der Waals surface area contributed by atoms with Gasteiger partial charge in [0.15, 0.2) is 6.61 Å². The standard InChI is InChI=1S/C22H26N2O5/c1-4-23-21(26)16-7-5-9-18(11-16)24-20(25)14-29-22(27)17-8-6-10-19(12-17)28-13-15(2)3/h5-12,15H,4,13-14H2,1-3H3,(H,23,26)(H,24,25). The van der Waals surface area contributed by atoms with Gasteiger partial charge in [-0.05, 0) is 49.2 Å². The minimum absolute atomic E-state index is 0.227. The van der Waals surface area contributed by atoms with E-state index in [9.17, 15) is 14.4 Å². The first-order chi connectivity index (χ1) is 13.9. The zero-order chi connectivity index (χ0) is 21.2. The molecule has 0 atom stereocenters. The van der Waals surface area contributed by atoms with Gasteiger partial charge >= 0.3 is 5.97 Å². The van der Waals surface area contributed by atoms with Crippen molar-refractivity contribution >= 4 is 23.5 Å². The molecule has 0 saturated heterocycles. The minimum atomic E-state index is -0.619. The molecule has 0 aliphatic heterocycles. The molecular formula is C22H26N2O5. The lowest BCUT2D eigenvalue weighted by Gasteiger charge is -2.10. The van der Waals surface area contributed by atoms with E-state index in [1.54, 1.807) is 48.5 Å². The van der Waals surface area contributed by atoms with Crippen LogP contribution in [0.4, 0.5) is 5.69 Å². The predicted octanol–water partition coefficient (Wildman–Crippen LogP) is 3.27. The largest absolute Gasteiger partial charge is 0.493 e. The number of anilines is 1. The zero-order valence-corrected chi connectivity index (χ0v) is 16.9. The number of nitrogens with one attached hydrogen (secondary N) is 2. The van der Waals surface area contributed by atoms with Gasteiger partial charge in [0.05, 0.1) is 12.2 Å². The number of hydrogen-bond acceptors (Lipinski definition) is 5. The zero-order valence-electron chi connectivity index (χ0n) is 16.9. The van der Waals surface area contributed by atoms with Crippen molar-refractivity contribution in [1.82, 2.24) is 5.32 Å². The Labute approximate surface area is 170 Å². The smallest absolute Gasteiger partial charge is 0.338 e. The van der Waals surface area contributed by atoms with Gasteiger partial charge in [0.2, 0.25) is 0 Å². The fourth-order valence-corrected chi connectivity index (χ4v) is 2.39. The fourth-order valence-electron chi connectivity index (χ4n) is 2.39. The van der Waals surface area contributed by atoms with Gasteiger partial charge in [0.25, 0.3) is 11.8 Å². The summed E-state index contributed by atoms with van der Waals surface area (Å²) in [7, 11) is 0. The van der Waals surface area contributed by atoms with Crippen molar-refractivity contribution in [1.29, 1.82) is 0 Å². The number of esters is 1. The molecule has 0 saturated carbocycles. The van der Waals surface area contributed by atoms with Crippen LogP contribution in [0.1, 0.15) is 41.5 Å². The molecule has 2 amide bonds. The molecule has 0 aliphatic carbocycles. The second kappa shape index (κ2) is 10.8. The number of carbonyl (C=O) groups excluding carboxylic acids is 3. The molecule has 154 valence electrons. The number of ether oxygens (including phenoxy) is 2. The molecule has 2 aromatic carbocycles. The Hall–Kier alpha value is -3.35. The van der Waals surface area contributed by atoms with E-state index < -0.39 is 18.5 Å². The van der Waals surface area contributed by atoms with Crippen molar-refractivity contribution in [3.8, 4) is 5.75 Å². The maximum atomic E-state index is 12.2. The molecule has 0 spiro atoms. The van der Waals surface area contributed by atoms with Crippen LogP contribution in [0.3, 0.4) is 0 Å². The molecule has 2 rings (SSSR count). The number of rotatable bonds is 9. The third-order valence-electron chi connectivity index (χ3n) is 3.73. The van der Waals surface area contributed by atoms with Crippen LogP contribution >= 0.6 is 0 Å². The van der Waals surface area contributed by atoms with Crippen molar-refractivity contribution in [2.75, 3.05) is 25.1 Å². The third-order valence-corrected chi connectivity index (χ3v) is 3.73. The summed E-state index contributed by atoms with van der Waals surface area (Å²) in [5.41, 5.74) is 1.18. The van der Waals surface area contributed by atoms with Crippen molar-refractivity contribution in [3.05, 3.63) is 59.7 Å². The molecule has 7 heteroatoms. The Balaban J connectivity index is 1.89. The predicted molar refractivity (Wildman–Crippen MR) is 110 cm³/mol. The van der Waals surface area contributed by atoms with E-state index in [0.717, 1.165) is 0 Å². The molecule has 0 aromatic heterocycles. The molecule has 0 fully saturated rings. The summed E-state index contributed by atoms with van der Waals surface area (Å²) in [6.07, 6.45) is 0. The van der Waals surface area contributed by atoms with E-state index in [1.807, 2.05) is 20.8 Å². The lowest BCUT2D eigenvalue weighted by molar-refractivity contribution is -0.119. The van der Waals surface area contributed by atoms with Gasteiger partial charge in [0, 0.05) is 17.8 Å². The van der Waals surface area contributed by atoms with E-state index in [1.165, 1.54) is 0 Å². The highest BCUT2D eigenvalue weighted by atomic mass is 16.5. The number of carbonyl (C=O) groups is 3. The van der Waals surface area contributed by atoms with Crippen molar-refractivity contribution in [2.45, 2.75) is 20.8 Å². The highest BCUT2D eigenvalue weighted by molar-refractivity contribution is 5.98. The van der Waals surface area contributed by atoms with Crippen LogP contribution in [0.15, 0.2) is 48.5 Å². The van der Waals surface area contributed by atoms with Gasteiger partial charge in [-0.15, -0.1) is 0 Å². The van der Waals surface area contributed by atoms with Gasteiger partial charge in [-0.3, -0.25) is 9.59 Å². The quantitative estimate of drug-likeness (QED) is 0.633. The minimum Gasteiger partial charge on any atom is -0.493 e. The molecule has 2 aromatic rings. The number of benzene rings is 2. The lowest BCUT2D eigenvalue weighted by Crippen LogP contribution is -2.23. The summed E-state index contributed by atoms with van der Waals surface area (Å²) in [6.45, 7) is 6.49. The van der Waals surface area contributed by atoms with Gasteiger partial charge in [-0.2, -0.15) is 0 Å². The molecule has 7 nitrogen and oxygen atoms in total. The van der Waals surface area contributed by atoms with Crippen molar-refractivity contribution in [3.63, 3.8) is 0 Å². The third kappa shape index (κ3) is 7.29. The Kier molecular flexibility index (Phi) is 8.21. The Morgan fingerprint density at radius 3 is 2.45 bits per heavy atom. The van der Waals surface area contributed by atoms with Crippen LogP contribution in [-0.4, -0.2) is 37.5 Å².